The van der Waals surface area contributed by atoms with E-state index in [1.807, 2.05) is 32.0 Å². The van der Waals surface area contributed by atoms with Gasteiger partial charge in [0.25, 0.3) is 0 Å². The molecular formula is C23H22F3N3O3. The van der Waals surface area contributed by atoms with E-state index in [4.69, 9.17) is 14.2 Å². The molecule has 0 spiro atoms. The Bertz CT molecular complexity index is 1170. The fourth-order valence-electron chi connectivity index (χ4n) is 4.16. The Morgan fingerprint density at radius 1 is 1.06 bits per heavy atom. The Labute approximate surface area is 182 Å². The second-order valence-corrected chi connectivity index (χ2v) is 8.42. The van der Waals surface area contributed by atoms with Gasteiger partial charge in [-0.25, -0.2) is 9.67 Å². The number of aromatic nitrogens is 3. The first-order valence-corrected chi connectivity index (χ1v) is 10.5. The number of halogens is 3. The molecule has 6 nitrogen and oxygen atoms in total. The summed E-state index contributed by atoms with van der Waals surface area (Å²) < 4.78 is 59.1. The molecule has 0 unspecified atom stereocenters. The number of fused-ring (bicyclic) bond motifs is 2. The van der Waals surface area contributed by atoms with Gasteiger partial charge in [-0.3, -0.25) is 0 Å². The molecule has 1 aliphatic heterocycles. The van der Waals surface area contributed by atoms with Gasteiger partial charge in [0.2, 0.25) is 11.7 Å². The molecule has 168 valence electrons. The molecule has 1 aromatic carbocycles. The lowest BCUT2D eigenvalue weighted by atomic mass is 9.95. The molecule has 0 radical (unpaired) electrons. The zero-order valence-electron chi connectivity index (χ0n) is 17.7. The van der Waals surface area contributed by atoms with Gasteiger partial charge in [0.05, 0.1) is 5.69 Å². The number of rotatable bonds is 4. The highest BCUT2D eigenvalue weighted by Gasteiger charge is 2.39. The Morgan fingerprint density at radius 2 is 1.84 bits per heavy atom. The van der Waals surface area contributed by atoms with Crippen molar-refractivity contribution in [2.75, 3.05) is 0 Å². The van der Waals surface area contributed by atoms with E-state index in [0.717, 1.165) is 18.4 Å². The van der Waals surface area contributed by atoms with Crippen molar-refractivity contribution in [1.29, 1.82) is 0 Å². The first-order valence-electron chi connectivity index (χ1n) is 10.5. The van der Waals surface area contributed by atoms with Crippen LogP contribution in [0.3, 0.4) is 0 Å². The van der Waals surface area contributed by atoms with E-state index in [1.165, 1.54) is 10.9 Å². The van der Waals surface area contributed by atoms with Crippen molar-refractivity contribution < 1.29 is 27.4 Å². The van der Waals surface area contributed by atoms with Gasteiger partial charge in [0.15, 0.2) is 17.2 Å². The summed E-state index contributed by atoms with van der Waals surface area (Å²) in [5.41, 5.74) is 1.46. The van der Waals surface area contributed by atoms with Crippen LogP contribution in [0.25, 0.3) is 5.69 Å². The maximum atomic E-state index is 13.5. The lowest BCUT2D eigenvalue weighted by Gasteiger charge is -2.16. The summed E-state index contributed by atoms with van der Waals surface area (Å²) in [4.78, 5) is 4.20. The maximum absolute atomic E-state index is 13.5. The molecule has 32 heavy (non-hydrogen) atoms. The maximum Gasteiger partial charge on any atom is 0.435 e. The fourth-order valence-corrected chi connectivity index (χ4v) is 4.16. The zero-order chi connectivity index (χ0) is 22.5. The van der Waals surface area contributed by atoms with E-state index in [2.05, 4.69) is 10.1 Å². The molecule has 9 heteroatoms. The molecule has 3 heterocycles. The number of hydrogen-bond donors (Lipinski definition) is 0. The minimum atomic E-state index is -4.48. The van der Waals surface area contributed by atoms with Gasteiger partial charge in [0, 0.05) is 37.4 Å². The van der Waals surface area contributed by atoms with E-state index in [-0.39, 0.29) is 6.61 Å². The average Bonchev–Trinajstić information content (AvgIpc) is 3.28. The van der Waals surface area contributed by atoms with Crippen molar-refractivity contribution in [3.63, 3.8) is 0 Å². The SMILES string of the molecule is CC1(C)Oc2ccc(COc3cc(-n4nc(C(F)(F)F)c5c4CCCC5)ccn3)cc2O1. The van der Waals surface area contributed by atoms with Crippen molar-refractivity contribution >= 4 is 0 Å². The van der Waals surface area contributed by atoms with Crippen LogP contribution in [-0.4, -0.2) is 20.6 Å². The van der Waals surface area contributed by atoms with Crippen LogP contribution < -0.4 is 14.2 Å². The predicted molar refractivity (Wildman–Crippen MR) is 109 cm³/mol. The van der Waals surface area contributed by atoms with Gasteiger partial charge in [-0.15, -0.1) is 0 Å². The van der Waals surface area contributed by atoms with Crippen LogP contribution in [0.4, 0.5) is 13.2 Å². The smallest absolute Gasteiger partial charge is 0.435 e. The molecule has 1 aliphatic carbocycles. The number of benzene rings is 1. The first kappa shape index (κ1) is 20.7. The molecule has 0 N–H and O–H groups in total. The quantitative estimate of drug-likeness (QED) is 0.549. The third kappa shape index (κ3) is 3.87. The van der Waals surface area contributed by atoms with E-state index in [1.54, 1.807) is 12.1 Å². The molecule has 2 aliphatic rings. The second kappa shape index (κ2) is 7.43. The van der Waals surface area contributed by atoms with Gasteiger partial charge in [-0.1, -0.05) is 6.07 Å². The number of alkyl halides is 3. The molecule has 0 saturated heterocycles. The largest absolute Gasteiger partial charge is 0.473 e. The van der Waals surface area contributed by atoms with Gasteiger partial charge >= 0.3 is 6.18 Å². The lowest BCUT2D eigenvalue weighted by molar-refractivity contribution is -0.142. The summed E-state index contributed by atoms with van der Waals surface area (Å²) in [5.74, 6) is 0.896. The zero-order valence-corrected chi connectivity index (χ0v) is 17.7. The highest BCUT2D eigenvalue weighted by Crippen LogP contribution is 2.40. The fraction of sp³-hybridized carbons (Fsp3) is 0.391. The van der Waals surface area contributed by atoms with Gasteiger partial charge < -0.3 is 14.2 Å². The molecule has 0 amide bonds. The Balaban J connectivity index is 1.38. The summed E-state index contributed by atoms with van der Waals surface area (Å²) in [7, 11) is 0. The number of nitrogens with zero attached hydrogens (tertiary/aromatic N) is 3. The number of ether oxygens (including phenoxy) is 3. The van der Waals surface area contributed by atoms with Crippen LogP contribution in [0.15, 0.2) is 36.5 Å². The summed E-state index contributed by atoms with van der Waals surface area (Å²) in [6.45, 7) is 3.88. The molecule has 0 saturated carbocycles. The highest BCUT2D eigenvalue weighted by molar-refractivity contribution is 5.46. The molecule has 0 atom stereocenters. The van der Waals surface area contributed by atoms with Gasteiger partial charge in [0.1, 0.15) is 6.61 Å². The van der Waals surface area contributed by atoms with Crippen molar-refractivity contribution in [3.05, 3.63) is 59.0 Å². The molecule has 0 fully saturated rings. The monoisotopic (exact) mass is 445 g/mol. The van der Waals surface area contributed by atoms with Crippen LogP contribution in [0.5, 0.6) is 17.4 Å². The van der Waals surface area contributed by atoms with Crippen molar-refractivity contribution in [2.45, 2.75) is 58.1 Å². The summed E-state index contributed by atoms with van der Waals surface area (Å²) >= 11 is 0. The van der Waals surface area contributed by atoms with Crippen molar-refractivity contribution in [1.82, 2.24) is 14.8 Å². The molecular weight excluding hydrogens is 423 g/mol. The number of hydrogen-bond acceptors (Lipinski definition) is 5. The normalized spacial score (nSPS) is 16.7. The molecule has 5 rings (SSSR count). The second-order valence-electron chi connectivity index (χ2n) is 8.42. The summed E-state index contributed by atoms with van der Waals surface area (Å²) in [6.07, 6.45) is -0.446. The van der Waals surface area contributed by atoms with Crippen LogP contribution in [0.2, 0.25) is 0 Å². The van der Waals surface area contributed by atoms with Crippen molar-refractivity contribution in [2.24, 2.45) is 0 Å². The Hall–Kier alpha value is -3.23. The van der Waals surface area contributed by atoms with E-state index in [0.29, 0.717) is 47.2 Å². The predicted octanol–water partition coefficient (Wildman–Crippen LogP) is 5.25. The summed E-state index contributed by atoms with van der Waals surface area (Å²) in [5, 5.41) is 3.92. The van der Waals surface area contributed by atoms with Gasteiger partial charge in [-0.05, 0) is 49.4 Å². The first-order chi connectivity index (χ1) is 15.2. The topological polar surface area (TPSA) is 58.4 Å². The standard InChI is InChI=1S/C23H22F3N3O3/c1-22(2)31-18-8-7-14(11-19(18)32-22)13-30-20-12-15(9-10-27-20)29-17-6-4-3-5-16(17)21(28-29)23(24,25)26/h7-12H,3-6,13H2,1-2H3. The number of pyridine rings is 1. The molecule has 3 aromatic rings. The van der Waals surface area contributed by atoms with Crippen LogP contribution in [0, 0.1) is 0 Å². The van der Waals surface area contributed by atoms with E-state index in [9.17, 15) is 13.2 Å². The highest BCUT2D eigenvalue weighted by atomic mass is 19.4. The minimum Gasteiger partial charge on any atom is -0.473 e. The average molecular weight is 445 g/mol. The Kier molecular flexibility index (Phi) is 4.79. The summed E-state index contributed by atoms with van der Waals surface area (Å²) in [6, 6.07) is 8.78. The molecule has 0 bridgehead atoms. The lowest BCUT2D eigenvalue weighted by Crippen LogP contribution is -2.29. The third-order valence-electron chi connectivity index (χ3n) is 5.52. The minimum absolute atomic E-state index is 0.221. The third-order valence-corrected chi connectivity index (χ3v) is 5.52. The van der Waals surface area contributed by atoms with Gasteiger partial charge in [-0.2, -0.15) is 18.3 Å². The van der Waals surface area contributed by atoms with Crippen LogP contribution >= 0.6 is 0 Å². The Morgan fingerprint density at radius 3 is 2.66 bits per heavy atom. The molecule has 2 aromatic heterocycles. The van der Waals surface area contributed by atoms with Crippen LogP contribution in [0.1, 0.15) is 49.2 Å². The van der Waals surface area contributed by atoms with Crippen LogP contribution in [-0.2, 0) is 25.6 Å². The van der Waals surface area contributed by atoms with E-state index >= 15 is 0 Å². The van der Waals surface area contributed by atoms with Crippen molar-refractivity contribution in [3.8, 4) is 23.1 Å². The van der Waals surface area contributed by atoms with E-state index < -0.39 is 17.7 Å².